The molecule has 0 heterocycles. The third kappa shape index (κ3) is 3.90. The van der Waals surface area contributed by atoms with E-state index >= 15 is 0 Å². The number of hydrogen-bond donors (Lipinski definition) is 0. The molecule has 0 saturated heterocycles. The summed E-state index contributed by atoms with van der Waals surface area (Å²) in [7, 11) is 0. The van der Waals surface area contributed by atoms with Crippen molar-refractivity contribution in [3.63, 3.8) is 0 Å². The SMILES string of the molecule is CCSc1ccc(CC(C#N)C(C)C)cc1. The fourth-order valence-electron chi connectivity index (χ4n) is 1.57. The Kier molecular flexibility index (Phi) is 5.42. The molecule has 2 heteroatoms. The Hall–Kier alpha value is -0.940. The summed E-state index contributed by atoms with van der Waals surface area (Å²) in [6, 6.07) is 11.0. The van der Waals surface area contributed by atoms with Crippen LogP contribution in [0.1, 0.15) is 26.3 Å². The van der Waals surface area contributed by atoms with Crippen molar-refractivity contribution in [3.05, 3.63) is 29.8 Å². The maximum Gasteiger partial charge on any atom is 0.0661 e. The molecule has 1 unspecified atom stereocenters. The van der Waals surface area contributed by atoms with Crippen molar-refractivity contribution in [2.45, 2.75) is 32.1 Å². The molecule has 16 heavy (non-hydrogen) atoms. The van der Waals surface area contributed by atoms with E-state index in [4.69, 9.17) is 5.26 Å². The van der Waals surface area contributed by atoms with Crippen LogP contribution in [0.4, 0.5) is 0 Å². The van der Waals surface area contributed by atoms with Crippen molar-refractivity contribution >= 4 is 11.8 Å². The second-order valence-electron chi connectivity index (χ2n) is 4.26. The van der Waals surface area contributed by atoms with Gasteiger partial charge < -0.3 is 0 Å². The van der Waals surface area contributed by atoms with Crippen LogP contribution in [-0.4, -0.2) is 5.75 Å². The van der Waals surface area contributed by atoms with Gasteiger partial charge in [-0.05, 0) is 35.8 Å². The number of rotatable bonds is 5. The lowest BCUT2D eigenvalue weighted by atomic mass is 9.91. The minimum Gasteiger partial charge on any atom is -0.198 e. The van der Waals surface area contributed by atoms with E-state index in [-0.39, 0.29) is 5.92 Å². The van der Waals surface area contributed by atoms with Gasteiger partial charge in [-0.25, -0.2) is 0 Å². The van der Waals surface area contributed by atoms with Crippen molar-refractivity contribution in [2.75, 3.05) is 5.75 Å². The van der Waals surface area contributed by atoms with Gasteiger partial charge in [0.1, 0.15) is 0 Å². The van der Waals surface area contributed by atoms with Gasteiger partial charge >= 0.3 is 0 Å². The molecule has 0 aromatic heterocycles. The smallest absolute Gasteiger partial charge is 0.0661 e. The van der Waals surface area contributed by atoms with Crippen molar-refractivity contribution in [3.8, 4) is 6.07 Å². The normalized spacial score (nSPS) is 12.4. The quantitative estimate of drug-likeness (QED) is 0.714. The summed E-state index contributed by atoms with van der Waals surface area (Å²) in [5, 5.41) is 9.04. The van der Waals surface area contributed by atoms with Crippen molar-refractivity contribution in [2.24, 2.45) is 11.8 Å². The third-order valence-corrected chi connectivity index (χ3v) is 3.55. The second-order valence-corrected chi connectivity index (χ2v) is 5.60. The number of benzene rings is 1. The maximum absolute atomic E-state index is 9.04. The predicted octanol–water partition coefficient (Wildman–Crippen LogP) is 4.14. The molecule has 0 saturated carbocycles. The zero-order chi connectivity index (χ0) is 12.0. The van der Waals surface area contributed by atoms with E-state index in [9.17, 15) is 0 Å². The third-order valence-electron chi connectivity index (χ3n) is 2.66. The summed E-state index contributed by atoms with van der Waals surface area (Å²) >= 11 is 1.85. The zero-order valence-corrected chi connectivity index (χ0v) is 11.1. The van der Waals surface area contributed by atoms with E-state index in [2.05, 4.69) is 51.1 Å². The summed E-state index contributed by atoms with van der Waals surface area (Å²) in [5.41, 5.74) is 1.26. The fourth-order valence-corrected chi connectivity index (χ4v) is 2.23. The topological polar surface area (TPSA) is 23.8 Å². The standard InChI is InChI=1S/C14H19NS/c1-4-16-14-7-5-12(6-8-14)9-13(10-15)11(2)3/h5-8,11,13H,4,9H2,1-3H3. The van der Waals surface area contributed by atoms with Crippen LogP contribution in [0.25, 0.3) is 0 Å². The number of nitriles is 1. The van der Waals surface area contributed by atoms with Crippen molar-refractivity contribution in [1.82, 2.24) is 0 Å². The Morgan fingerprint density at radius 1 is 1.25 bits per heavy atom. The summed E-state index contributed by atoms with van der Waals surface area (Å²) in [5.74, 6) is 1.66. The highest BCUT2D eigenvalue weighted by Gasteiger charge is 2.12. The van der Waals surface area contributed by atoms with Crippen LogP contribution in [0.15, 0.2) is 29.2 Å². The molecule has 0 fully saturated rings. The van der Waals surface area contributed by atoms with Crippen LogP contribution in [0, 0.1) is 23.2 Å². The first-order valence-corrected chi connectivity index (χ1v) is 6.77. The lowest BCUT2D eigenvalue weighted by Crippen LogP contribution is -2.09. The Morgan fingerprint density at radius 3 is 2.31 bits per heavy atom. The lowest BCUT2D eigenvalue weighted by Gasteiger charge is -2.12. The Morgan fingerprint density at radius 2 is 1.88 bits per heavy atom. The van der Waals surface area contributed by atoms with Gasteiger partial charge in [-0.1, -0.05) is 32.9 Å². The summed E-state index contributed by atoms with van der Waals surface area (Å²) < 4.78 is 0. The molecule has 0 amide bonds. The fraction of sp³-hybridized carbons (Fsp3) is 0.500. The van der Waals surface area contributed by atoms with Gasteiger partial charge in [0.15, 0.2) is 0 Å². The van der Waals surface area contributed by atoms with Gasteiger partial charge in [0.25, 0.3) is 0 Å². The lowest BCUT2D eigenvalue weighted by molar-refractivity contribution is 0.474. The van der Waals surface area contributed by atoms with E-state index in [0.717, 1.165) is 12.2 Å². The molecule has 86 valence electrons. The first kappa shape index (κ1) is 13.1. The van der Waals surface area contributed by atoms with E-state index < -0.39 is 0 Å². The largest absolute Gasteiger partial charge is 0.198 e. The molecule has 0 spiro atoms. The molecule has 0 aliphatic rings. The van der Waals surface area contributed by atoms with E-state index in [1.807, 2.05) is 11.8 Å². The molecule has 1 atom stereocenters. The van der Waals surface area contributed by atoms with Crippen LogP contribution in [0.3, 0.4) is 0 Å². The monoisotopic (exact) mass is 233 g/mol. The first-order chi connectivity index (χ1) is 7.67. The molecule has 0 aliphatic heterocycles. The molecule has 0 N–H and O–H groups in total. The van der Waals surface area contributed by atoms with Crippen LogP contribution >= 0.6 is 11.8 Å². The Bertz CT molecular complexity index is 348. The molecular weight excluding hydrogens is 214 g/mol. The molecule has 0 radical (unpaired) electrons. The highest BCUT2D eigenvalue weighted by atomic mass is 32.2. The van der Waals surface area contributed by atoms with E-state index in [1.165, 1.54) is 10.5 Å². The summed E-state index contributed by atoms with van der Waals surface area (Å²) in [6.07, 6.45) is 0.866. The van der Waals surface area contributed by atoms with Crippen LogP contribution in [-0.2, 0) is 6.42 Å². The maximum atomic E-state index is 9.04. The average molecular weight is 233 g/mol. The highest BCUT2D eigenvalue weighted by molar-refractivity contribution is 7.99. The van der Waals surface area contributed by atoms with Gasteiger partial charge in [-0.3, -0.25) is 0 Å². The number of thioether (sulfide) groups is 1. The minimum absolute atomic E-state index is 0.129. The van der Waals surface area contributed by atoms with Gasteiger partial charge in [0, 0.05) is 4.90 Å². The molecular formula is C14H19NS. The van der Waals surface area contributed by atoms with Crippen LogP contribution in [0.5, 0.6) is 0 Å². The number of nitrogens with zero attached hydrogens (tertiary/aromatic N) is 1. The van der Waals surface area contributed by atoms with E-state index in [0.29, 0.717) is 5.92 Å². The van der Waals surface area contributed by atoms with Gasteiger partial charge in [0.2, 0.25) is 0 Å². The molecule has 0 aliphatic carbocycles. The predicted molar refractivity (Wildman–Crippen MR) is 70.5 cm³/mol. The molecule has 1 aromatic rings. The summed E-state index contributed by atoms with van der Waals surface area (Å²) in [4.78, 5) is 1.31. The van der Waals surface area contributed by atoms with Gasteiger partial charge in [-0.15, -0.1) is 11.8 Å². The molecule has 1 rings (SSSR count). The van der Waals surface area contributed by atoms with Crippen molar-refractivity contribution < 1.29 is 0 Å². The van der Waals surface area contributed by atoms with Crippen LogP contribution < -0.4 is 0 Å². The molecule has 0 bridgehead atoms. The van der Waals surface area contributed by atoms with Crippen LogP contribution in [0.2, 0.25) is 0 Å². The number of hydrogen-bond acceptors (Lipinski definition) is 2. The van der Waals surface area contributed by atoms with E-state index in [1.54, 1.807) is 0 Å². The van der Waals surface area contributed by atoms with Gasteiger partial charge in [0.05, 0.1) is 12.0 Å². The average Bonchev–Trinajstić information content (AvgIpc) is 2.28. The summed E-state index contributed by atoms with van der Waals surface area (Å²) in [6.45, 7) is 6.37. The van der Waals surface area contributed by atoms with Crippen molar-refractivity contribution in [1.29, 1.82) is 5.26 Å². The highest BCUT2D eigenvalue weighted by Crippen LogP contribution is 2.21. The Balaban J connectivity index is 2.64. The molecule has 1 aromatic carbocycles. The zero-order valence-electron chi connectivity index (χ0n) is 10.2. The second kappa shape index (κ2) is 6.60. The Labute approximate surface area is 103 Å². The first-order valence-electron chi connectivity index (χ1n) is 5.78. The van der Waals surface area contributed by atoms with Gasteiger partial charge in [-0.2, -0.15) is 5.26 Å². The minimum atomic E-state index is 0.129. The molecule has 1 nitrogen and oxygen atoms in total.